The van der Waals surface area contributed by atoms with Gasteiger partial charge in [0.15, 0.2) is 17.5 Å². The molecule has 6 rings (SSSR count). The molecule has 226 valence electrons. The molecule has 3 heterocycles. The molecule has 0 radical (unpaired) electrons. The van der Waals surface area contributed by atoms with Crippen molar-refractivity contribution in [3.8, 4) is 16.9 Å². The van der Waals surface area contributed by atoms with Crippen LogP contribution in [0.3, 0.4) is 0 Å². The van der Waals surface area contributed by atoms with Crippen molar-refractivity contribution in [2.45, 2.75) is 44.7 Å². The van der Waals surface area contributed by atoms with Crippen molar-refractivity contribution < 1.29 is 58.5 Å². The highest BCUT2D eigenvalue weighted by Gasteiger charge is 2.53. The van der Waals surface area contributed by atoms with Gasteiger partial charge >= 0.3 is 12.1 Å². The van der Waals surface area contributed by atoms with Gasteiger partial charge in [0.25, 0.3) is 0 Å². The first-order valence-corrected chi connectivity index (χ1v) is 12.9. The molecule has 0 spiro atoms. The lowest BCUT2D eigenvalue weighted by Crippen LogP contribution is -2.58. The van der Waals surface area contributed by atoms with Gasteiger partial charge < -0.3 is 18.9 Å². The molecule has 42 heavy (non-hydrogen) atoms. The Morgan fingerprint density at radius 2 is 1.24 bits per heavy atom. The van der Waals surface area contributed by atoms with Crippen LogP contribution in [-0.4, -0.2) is 19.8 Å². The van der Waals surface area contributed by atoms with E-state index in [-0.39, 0.29) is 49.6 Å². The van der Waals surface area contributed by atoms with Crippen molar-refractivity contribution >= 4 is 0 Å². The number of rotatable bonds is 9. The predicted octanol–water partition coefficient (Wildman–Crippen LogP) is 8.21. The van der Waals surface area contributed by atoms with Crippen LogP contribution in [0.15, 0.2) is 36.4 Å². The summed E-state index contributed by atoms with van der Waals surface area (Å²) in [5.41, 5.74) is -4.34. The van der Waals surface area contributed by atoms with E-state index in [0.717, 1.165) is 37.8 Å². The minimum atomic E-state index is -4.87. The number of benzene rings is 3. The van der Waals surface area contributed by atoms with Crippen molar-refractivity contribution in [1.29, 1.82) is 0 Å². The molecular weight excluding hydrogens is 583 g/mol. The molecule has 4 nitrogen and oxygen atoms in total. The number of ether oxygens (including phenoxy) is 4. The monoisotopic (exact) mass is 606 g/mol. The molecule has 0 amide bonds. The first-order chi connectivity index (χ1) is 19.8. The maximum absolute atomic E-state index is 15.2. The van der Waals surface area contributed by atoms with Crippen molar-refractivity contribution in [3.05, 3.63) is 88.2 Å². The van der Waals surface area contributed by atoms with E-state index >= 15 is 8.78 Å². The topological polar surface area (TPSA) is 36.9 Å². The summed E-state index contributed by atoms with van der Waals surface area (Å²) in [6.07, 6.45) is -1.16. The third kappa shape index (κ3) is 5.45. The van der Waals surface area contributed by atoms with E-state index in [4.69, 9.17) is 14.2 Å². The lowest BCUT2D eigenvalue weighted by atomic mass is 9.82. The number of halogens is 9. The molecule has 0 aromatic heterocycles. The largest absolute Gasteiger partial charge is 0.432 e. The zero-order valence-electron chi connectivity index (χ0n) is 21.9. The molecule has 3 fully saturated rings. The Morgan fingerprint density at radius 3 is 1.74 bits per heavy atom. The van der Waals surface area contributed by atoms with Crippen LogP contribution in [0.1, 0.15) is 43.7 Å². The molecule has 13 heteroatoms. The highest BCUT2D eigenvalue weighted by Crippen LogP contribution is 2.47. The summed E-state index contributed by atoms with van der Waals surface area (Å²) in [6, 6.07) is 2.13. The molecule has 0 aliphatic carbocycles. The van der Waals surface area contributed by atoms with Gasteiger partial charge in [-0.2, -0.15) is 8.78 Å². The fourth-order valence-corrected chi connectivity index (χ4v) is 5.02. The van der Waals surface area contributed by atoms with Gasteiger partial charge in [0.2, 0.25) is 0 Å². The molecule has 3 saturated heterocycles. The van der Waals surface area contributed by atoms with E-state index in [1.807, 2.05) is 0 Å². The number of fused-ring (bicyclic) bond motifs is 3. The van der Waals surface area contributed by atoms with Gasteiger partial charge in [-0.15, -0.1) is 0 Å². The summed E-state index contributed by atoms with van der Waals surface area (Å²) >= 11 is 0. The van der Waals surface area contributed by atoms with Crippen LogP contribution in [0.5, 0.6) is 5.75 Å². The summed E-state index contributed by atoms with van der Waals surface area (Å²) < 4.78 is 150. The SMILES string of the molecule is CCCCCC12COC(c3cc(F)c(-c4cc(F)c(C(F)(F)Oc5cc(F)c(F)c(F)c5)c(F)c4)c(F)c3)(OC1)OC2. The Morgan fingerprint density at radius 1 is 0.714 bits per heavy atom. The Labute approximate surface area is 233 Å². The Bertz CT molecular complexity index is 1420. The second-order valence-electron chi connectivity index (χ2n) is 10.3. The third-order valence-corrected chi connectivity index (χ3v) is 7.24. The predicted molar refractivity (Wildman–Crippen MR) is 129 cm³/mol. The van der Waals surface area contributed by atoms with Gasteiger partial charge in [0.05, 0.1) is 25.4 Å². The standard InChI is InChI=1S/C29H23F9O4/c1-2-3-4-5-27-12-39-29(40-13-27,41-14-27)16-8-18(30)24(19(31)9-16)15-6-20(32)25(21(33)7-15)28(37,38)42-17-10-22(34)26(36)23(35)11-17/h6-11H,2-5,12-14H2,1H3. The highest BCUT2D eigenvalue weighted by molar-refractivity contribution is 5.66. The van der Waals surface area contributed by atoms with E-state index in [0.29, 0.717) is 0 Å². The molecule has 0 atom stereocenters. The normalized spacial score (nSPS) is 22.0. The van der Waals surface area contributed by atoms with E-state index in [9.17, 15) is 30.7 Å². The Balaban J connectivity index is 1.40. The molecule has 0 unspecified atom stereocenters. The smallest absolute Gasteiger partial charge is 0.429 e. The van der Waals surface area contributed by atoms with Crippen molar-refractivity contribution in [2.75, 3.05) is 19.8 Å². The van der Waals surface area contributed by atoms with Gasteiger partial charge in [-0.05, 0) is 36.2 Å². The van der Waals surface area contributed by atoms with Gasteiger partial charge in [-0.3, -0.25) is 0 Å². The molecule has 3 aromatic carbocycles. The van der Waals surface area contributed by atoms with Crippen LogP contribution >= 0.6 is 0 Å². The quantitative estimate of drug-likeness (QED) is 0.140. The zero-order valence-corrected chi connectivity index (χ0v) is 21.9. The minimum absolute atomic E-state index is 0.0461. The van der Waals surface area contributed by atoms with E-state index in [2.05, 4.69) is 11.7 Å². The number of hydrogen-bond donors (Lipinski definition) is 0. The Hall–Kier alpha value is -3.29. The van der Waals surface area contributed by atoms with Gasteiger partial charge in [-0.1, -0.05) is 26.2 Å². The second-order valence-corrected chi connectivity index (χ2v) is 10.3. The lowest BCUT2D eigenvalue weighted by molar-refractivity contribution is -0.480. The van der Waals surface area contributed by atoms with E-state index < -0.39 is 80.7 Å². The first-order valence-electron chi connectivity index (χ1n) is 12.9. The summed E-state index contributed by atoms with van der Waals surface area (Å²) in [6.45, 7) is 2.71. The number of alkyl halides is 2. The molecule has 2 bridgehead atoms. The van der Waals surface area contributed by atoms with Gasteiger partial charge in [0, 0.05) is 23.1 Å². The van der Waals surface area contributed by atoms with E-state index in [1.54, 1.807) is 0 Å². The summed E-state index contributed by atoms with van der Waals surface area (Å²) in [5, 5.41) is 0. The van der Waals surface area contributed by atoms with Crippen molar-refractivity contribution in [3.63, 3.8) is 0 Å². The molecule has 0 saturated carbocycles. The van der Waals surface area contributed by atoms with Crippen LogP contribution in [0.4, 0.5) is 39.5 Å². The Kier molecular flexibility index (Phi) is 7.96. The van der Waals surface area contributed by atoms with Crippen LogP contribution in [-0.2, 0) is 26.3 Å². The van der Waals surface area contributed by atoms with Crippen LogP contribution in [0, 0.1) is 46.1 Å². The minimum Gasteiger partial charge on any atom is -0.429 e. The maximum Gasteiger partial charge on any atom is 0.432 e. The van der Waals surface area contributed by atoms with Crippen LogP contribution in [0.25, 0.3) is 11.1 Å². The average Bonchev–Trinajstić information content (AvgIpc) is 2.91. The molecule has 3 aliphatic heterocycles. The molecular formula is C29H23F9O4. The lowest BCUT2D eigenvalue weighted by Gasteiger charge is -2.52. The van der Waals surface area contributed by atoms with Crippen molar-refractivity contribution in [2.24, 2.45) is 5.41 Å². The fraction of sp³-hybridized carbons (Fsp3) is 0.379. The van der Waals surface area contributed by atoms with E-state index in [1.165, 1.54) is 0 Å². The van der Waals surface area contributed by atoms with Crippen LogP contribution in [0.2, 0.25) is 0 Å². The fourth-order valence-electron chi connectivity index (χ4n) is 5.02. The molecule has 0 N–H and O–H groups in total. The zero-order chi connectivity index (χ0) is 30.4. The van der Waals surface area contributed by atoms with Crippen LogP contribution < -0.4 is 4.74 Å². The first kappa shape index (κ1) is 30.2. The van der Waals surface area contributed by atoms with Gasteiger partial charge in [-0.25, -0.2) is 30.7 Å². The molecule has 3 aromatic rings. The summed E-state index contributed by atoms with van der Waals surface area (Å²) in [7, 11) is 0. The van der Waals surface area contributed by atoms with Gasteiger partial charge in [0.1, 0.15) is 34.6 Å². The highest BCUT2D eigenvalue weighted by atomic mass is 19.3. The summed E-state index contributed by atoms with van der Waals surface area (Å²) in [5.74, 6) is -15.6. The number of unbranched alkanes of at least 4 members (excludes halogenated alkanes) is 2. The van der Waals surface area contributed by atoms with Crippen molar-refractivity contribution in [1.82, 2.24) is 0 Å². The second kappa shape index (κ2) is 11.1. The maximum atomic E-state index is 15.2. The third-order valence-electron chi connectivity index (χ3n) is 7.24. The number of hydrogen-bond acceptors (Lipinski definition) is 4. The summed E-state index contributed by atoms with van der Waals surface area (Å²) in [4.78, 5) is 0. The molecule has 3 aliphatic rings. The average molecular weight is 606 g/mol.